The fourth-order valence-corrected chi connectivity index (χ4v) is 2.92. The van der Waals surface area contributed by atoms with Crippen LogP contribution in [-0.2, 0) is 20.7 Å². The van der Waals surface area contributed by atoms with Crippen LogP contribution in [0.5, 0.6) is 0 Å². The first-order chi connectivity index (χ1) is 4.35. The molecule has 2 aliphatic carbocycles. The van der Waals surface area contributed by atoms with Crippen LogP contribution in [0.25, 0.3) is 0 Å². The van der Waals surface area contributed by atoms with Gasteiger partial charge in [0.1, 0.15) is 0 Å². The molecular formula is C7H12NTi. The summed E-state index contributed by atoms with van der Waals surface area (Å²) in [6.07, 6.45) is 7.31. The quantitative estimate of drug-likeness (QED) is 0.568. The van der Waals surface area contributed by atoms with E-state index in [0.717, 1.165) is 5.92 Å². The van der Waals surface area contributed by atoms with E-state index in [0.29, 0.717) is 5.54 Å². The van der Waals surface area contributed by atoms with Gasteiger partial charge in [0.2, 0.25) is 0 Å². The van der Waals surface area contributed by atoms with E-state index in [2.05, 4.69) is 24.5 Å². The first-order valence-corrected chi connectivity index (χ1v) is 4.57. The standard InChI is InChI=1S/C7H12N.Ti/c8-7-3-1-6(5-7)2-4-7;/h6,8H,1-5H2;/q-1;+1. The van der Waals surface area contributed by atoms with E-state index >= 15 is 0 Å². The number of nitrogens with one attached hydrogen (secondary N) is 1. The van der Waals surface area contributed by atoms with E-state index in [1.807, 2.05) is 0 Å². The van der Waals surface area contributed by atoms with E-state index in [1.54, 1.807) is 0 Å². The summed E-state index contributed by atoms with van der Waals surface area (Å²) in [5, 5.41) is 0. The Morgan fingerprint density at radius 2 is 2.00 bits per heavy atom. The van der Waals surface area contributed by atoms with Gasteiger partial charge in [0, 0.05) is 0 Å². The van der Waals surface area contributed by atoms with E-state index in [9.17, 15) is 0 Å². The molecule has 0 aromatic heterocycles. The predicted octanol–water partition coefficient (Wildman–Crippen LogP) is 1.37. The van der Waals surface area contributed by atoms with E-state index in [4.69, 9.17) is 0 Å². The zero-order valence-corrected chi connectivity index (χ0v) is 7.17. The molecule has 2 bridgehead atoms. The van der Waals surface area contributed by atoms with Gasteiger partial charge < -0.3 is 0 Å². The summed E-state index contributed by atoms with van der Waals surface area (Å²) in [6, 6.07) is 0. The molecule has 2 saturated carbocycles. The summed E-state index contributed by atoms with van der Waals surface area (Å²) in [5.41, 5.74) is 0.602. The van der Waals surface area contributed by atoms with Crippen LogP contribution in [0.15, 0.2) is 0 Å². The van der Waals surface area contributed by atoms with Crippen LogP contribution in [0.2, 0.25) is 0 Å². The fourth-order valence-electron chi connectivity index (χ4n) is 2.37. The molecule has 0 unspecified atom stereocenters. The summed E-state index contributed by atoms with van der Waals surface area (Å²) < 4.78 is 3.47. The van der Waals surface area contributed by atoms with Gasteiger partial charge in [-0.1, -0.05) is 0 Å². The van der Waals surface area contributed by atoms with Gasteiger partial charge >= 0.3 is 68.1 Å². The monoisotopic (exact) mass is 158 g/mol. The van der Waals surface area contributed by atoms with Crippen molar-refractivity contribution in [2.75, 3.05) is 0 Å². The molecule has 9 heavy (non-hydrogen) atoms. The molecule has 49 valence electrons. The Hall–Kier alpha value is 0.674. The second-order valence-electron chi connectivity index (χ2n) is 3.55. The van der Waals surface area contributed by atoms with Crippen molar-refractivity contribution in [3.05, 3.63) is 0 Å². The molecule has 0 radical (unpaired) electrons. The number of hydrogen-bond donors (Lipinski definition) is 1. The van der Waals surface area contributed by atoms with Crippen LogP contribution in [0.3, 0.4) is 0 Å². The second-order valence-corrected chi connectivity index (χ2v) is 3.94. The Balaban J connectivity index is 2.13. The molecule has 0 amide bonds. The SMILES string of the molecule is [Ti][NH]C12CCC(CC1)C2. The van der Waals surface area contributed by atoms with Crippen LogP contribution < -0.4 is 3.80 Å². The molecule has 2 fully saturated rings. The number of hydrogen-bond acceptors (Lipinski definition) is 1. The summed E-state index contributed by atoms with van der Waals surface area (Å²) in [5.74, 6) is 1.08. The number of rotatable bonds is 1. The van der Waals surface area contributed by atoms with Crippen molar-refractivity contribution in [2.45, 2.75) is 37.6 Å². The van der Waals surface area contributed by atoms with Crippen LogP contribution in [0.1, 0.15) is 32.1 Å². The van der Waals surface area contributed by atoms with E-state index < -0.39 is 0 Å². The maximum absolute atomic E-state index is 3.47. The molecule has 2 aliphatic rings. The average molecular weight is 158 g/mol. The van der Waals surface area contributed by atoms with E-state index in [1.165, 1.54) is 32.1 Å². The van der Waals surface area contributed by atoms with Crippen LogP contribution in [0.4, 0.5) is 0 Å². The van der Waals surface area contributed by atoms with Gasteiger partial charge in [-0.3, -0.25) is 0 Å². The van der Waals surface area contributed by atoms with Gasteiger partial charge in [0.05, 0.1) is 0 Å². The molecule has 0 aromatic carbocycles. The van der Waals surface area contributed by atoms with Crippen molar-refractivity contribution in [1.82, 2.24) is 3.80 Å². The Kier molecular flexibility index (Phi) is 1.48. The predicted molar refractivity (Wildman–Crippen MR) is 32.4 cm³/mol. The topological polar surface area (TPSA) is 12.0 Å². The first kappa shape index (κ1) is 6.39. The third-order valence-electron chi connectivity index (χ3n) is 3.01. The zero-order chi connectivity index (χ0) is 6.32. The molecule has 1 N–H and O–H groups in total. The van der Waals surface area contributed by atoms with E-state index in [-0.39, 0.29) is 0 Å². The zero-order valence-electron chi connectivity index (χ0n) is 5.61. The van der Waals surface area contributed by atoms with Gasteiger partial charge in [0.25, 0.3) is 0 Å². The van der Waals surface area contributed by atoms with Gasteiger partial charge in [-0.15, -0.1) is 0 Å². The van der Waals surface area contributed by atoms with Gasteiger partial charge in [-0.05, 0) is 0 Å². The molecule has 0 saturated heterocycles. The molecule has 1 nitrogen and oxygen atoms in total. The third-order valence-corrected chi connectivity index (χ3v) is 3.83. The van der Waals surface area contributed by atoms with Crippen molar-refractivity contribution in [3.63, 3.8) is 0 Å². The van der Waals surface area contributed by atoms with Crippen molar-refractivity contribution < 1.29 is 20.7 Å². The molecule has 0 aromatic rings. The maximum atomic E-state index is 3.47. The summed E-state index contributed by atoms with van der Waals surface area (Å²) >= 11 is 2.12. The van der Waals surface area contributed by atoms with Crippen molar-refractivity contribution in [1.29, 1.82) is 0 Å². The molecule has 0 atom stereocenters. The summed E-state index contributed by atoms with van der Waals surface area (Å²) in [7, 11) is 0. The molecule has 0 heterocycles. The van der Waals surface area contributed by atoms with Gasteiger partial charge in [0.15, 0.2) is 0 Å². The molecule has 0 spiro atoms. The summed E-state index contributed by atoms with van der Waals surface area (Å²) in [6.45, 7) is 0. The minimum absolute atomic E-state index is 0.602. The van der Waals surface area contributed by atoms with Crippen molar-refractivity contribution in [3.8, 4) is 0 Å². The average Bonchev–Trinajstić information content (AvgIpc) is 2.46. The Morgan fingerprint density at radius 3 is 2.22 bits per heavy atom. The second kappa shape index (κ2) is 2.08. The molecule has 0 aliphatic heterocycles. The third kappa shape index (κ3) is 0.904. The Bertz CT molecular complexity index is 116. The molecular weight excluding hydrogens is 146 g/mol. The minimum atomic E-state index is 0.602. The van der Waals surface area contributed by atoms with Gasteiger partial charge in [-0.2, -0.15) is 0 Å². The summed E-state index contributed by atoms with van der Waals surface area (Å²) in [4.78, 5) is 0. The first-order valence-electron chi connectivity index (χ1n) is 3.79. The van der Waals surface area contributed by atoms with Crippen LogP contribution in [-0.4, -0.2) is 5.54 Å². The van der Waals surface area contributed by atoms with Crippen LogP contribution >= 0.6 is 0 Å². The number of fused-ring (bicyclic) bond motifs is 2. The molecule has 2 heteroatoms. The van der Waals surface area contributed by atoms with Gasteiger partial charge in [-0.25, -0.2) is 0 Å². The fraction of sp³-hybridized carbons (Fsp3) is 1.00. The Morgan fingerprint density at radius 1 is 1.33 bits per heavy atom. The van der Waals surface area contributed by atoms with Crippen LogP contribution in [0, 0.1) is 5.92 Å². The van der Waals surface area contributed by atoms with Crippen molar-refractivity contribution >= 4 is 0 Å². The Labute approximate surface area is 68.3 Å². The molecule has 2 rings (SSSR count). The van der Waals surface area contributed by atoms with Crippen molar-refractivity contribution in [2.24, 2.45) is 5.92 Å². The normalized spacial score (nSPS) is 48.1.